The zero-order valence-corrected chi connectivity index (χ0v) is 35.9. The first-order valence-electron chi connectivity index (χ1n) is 22.7. The van der Waals surface area contributed by atoms with Crippen LogP contribution in [0.15, 0.2) is 91.0 Å². The van der Waals surface area contributed by atoms with Crippen LogP contribution >= 0.6 is 0 Å². The molecule has 8 rings (SSSR count). The molecule has 324 valence electrons. The molecule has 4 fully saturated rings. The van der Waals surface area contributed by atoms with Gasteiger partial charge in [0.25, 0.3) is 0 Å². The monoisotopic (exact) mass is 828 g/mol. The van der Waals surface area contributed by atoms with Crippen LogP contribution in [0.5, 0.6) is 11.5 Å². The summed E-state index contributed by atoms with van der Waals surface area (Å²) in [4.78, 5) is 49.3. The number of piperazine rings is 1. The van der Waals surface area contributed by atoms with Crippen molar-refractivity contribution in [1.29, 1.82) is 0 Å². The lowest BCUT2D eigenvalue weighted by Gasteiger charge is -2.43. The van der Waals surface area contributed by atoms with Crippen molar-refractivity contribution in [3.8, 4) is 11.5 Å². The Labute approximate surface area is 361 Å². The Morgan fingerprint density at radius 2 is 1.59 bits per heavy atom. The molecule has 61 heavy (non-hydrogen) atoms. The molecule has 0 aromatic heterocycles. The Bertz CT molecular complexity index is 2110. The third-order valence-electron chi connectivity index (χ3n) is 14.1. The molecule has 0 unspecified atom stereocenters. The van der Waals surface area contributed by atoms with E-state index in [1.54, 1.807) is 23.0 Å². The molecule has 4 aromatic carbocycles. The topological polar surface area (TPSA) is 129 Å². The van der Waals surface area contributed by atoms with Gasteiger partial charge < -0.3 is 35.6 Å². The van der Waals surface area contributed by atoms with Crippen LogP contribution in [0.4, 0.5) is 4.79 Å². The largest absolute Gasteiger partial charge is 0.496 e. The van der Waals surface area contributed by atoms with E-state index in [-0.39, 0.29) is 44.0 Å². The summed E-state index contributed by atoms with van der Waals surface area (Å²) in [5.41, 5.74) is 9.35. The third kappa shape index (κ3) is 10.4. The SMILES string of the molecule is COc1cc(CNC(=O)[C@@H]2CN(C(=O)Oc3cccc4ccccc34)CCN2C(=O)[C@@H](CC2CCCCC2)NC2CCC3(CC2)CCN(Cc2ccccc2)C3)ccc1CN. The minimum absolute atomic E-state index is 0.0260. The molecule has 2 aliphatic heterocycles. The molecular weight excluding hydrogens is 765 g/mol. The molecule has 11 heteroatoms. The zero-order valence-electron chi connectivity index (χ0n) is 35.9. The smallest absolute Gasteiger partial charge is 0.415 e. The average molecular weight is 829 g/mol. The van der Waals surface area contributed by atoms with E-state index in [4.69, 9.17) is 15.2 Å². The number of fused-ring (bicyclic) bond motifs is 1. The van der Waals surface area contributed by atoms with Crippen LogP contribution in [0, 0.1) is 11.3 Å². The van der Waals surface area contributed by atoms with Gasteiger partial charge in [0.05, 0.1) is 19.7 Å². The summed E-state index contributed by atoms with van der Waals surface area (Å²) in [5, 5.41) is 8.82. The molecule has 11 nitrogen and oxygen atoms in total. The van der Waals surface area contributed by atoms with Gasteiger partial charge in [-0.25, -0.2) is 4.79 Å². The Balaban J connectivity index is 0.980. The molecular formula is C50H64N6O5. The standard InChI is InChI=1S/C50H64N6O5/c1-60-46-30-38(19-20-40(46)31-51)32-52-47(57)44-34-55(49(59)61-45-18-10-16-39-15-8-9-17-42(39)45)27-28-56(44)48(58)43(29-36-11-4-2-5-12-36)53-41-21-23-50(24-22-41)25-26-54(35-50)33-37-13-6-3-7-14-37/h3,6-10,13-20,30,36,41,43-44,53H,2,4-5,11-12,21-29,31-35,51H2,1H3,(H,52,57)/t41?,43-,44+,50?/m1/s1. The van der Waals surface area contributed by atoms with Gasteiger partial charge in [0.1, 0.15) is 17.5 Å². The third-order valence-corrected chi connectivity index (χ3v) is 14.1. The number of hydrogen-bond donors (Lipinski definition) is 3. The molecule has 0 radical (unpaired) electrons. The summed E-state index contributed by atoms with van der Waals surface area (Å²) in [6.07, 6.45) is 11.7. The molecule has 2 atom stereocenters. The lowest BCUT2D eigenvalue weighted by atomic mass is 9.71. The van der Waals surface area contributed by atoms with Crippen molar-refractivity contribution in [3.05, 3.63) is 108 Å². The second-order valence-corrected chi connectivity index (χ2v) is 18.1. The highest BCUT2D eigenvalue weighted by Crippen LogP contribution is 2.44. The molecule has 2 saturated carbocycles. The number of nitrogens with two attached hydrogens (primary N) is 1. The van der Waals surface area contributed by atoms with Gasteiger partial charge in [-0.15, -0.1) is 0 Å². The van der Waals surface area contributed by atoms with E-state index in [9.17, 15) is 9.59 Å². The van der Waals surface area contributed by atoms with Gasteiger partial charge in [0.2, 0.25) is 11.8 Å². The second kappa shape index (κ2) is 19.8. The fourth-order valence-electron chi connectivity index (χ4n) is 10.5. The number of ether oxygens (including phenoxy) is 2. The van der Waals surface area contributed by atoms with Crippen LogP contribution in [-0.2, 0) is 29.2 Å². The van der Waals surface area contributed by atoms with Gasteiger partial charge in [-0.1, -0.05) is 111 Å². The molecule has 4 N–H and O–H groups in total. The maximum atomic E-state index is 15.1. The number of likely N-dealkylation sites (tertiary alicyclic amines) is 1. The first kappa shape index (κ1) is 42.7. The number of carbonyl (C=O) groups excluding carboxylic acids is 3. The minimum atomic E-state index is -0.897. The lowest BCUT2D eigenvalue weighted by Crippen LogP contribution is -2.65. The van der Waals surface area contributed by atoms with Crippen molar-refractivity contribution < 1.29 is 23.9 Å². The average Bonchev–Trinajstić information content (AvgIpc) is 3.69. The quantitative estimate of drug-likeness (QED) is 0.127. The number of nitrogens with one attached hydrogen (secondary N) is 2. The number of carbonyl (C=O) groups is 3. The van der Waals surface area contributed by atoms with Gasteiger partial charge in [-0.2, -0.15) is 0 Å². The zero-order chi connectivity index (χ0) is 42.2. The molecule has 4 aromatic rings. The molecule has 1 spiro atoms. The number of amides is 3. The van der Waals surface area contributed by atoms with Crippen LogP contribution in [0.1, 0.15) is 87.3 Å². The van der Waals surface area contributed by atoms with Crippen LogP contribution < -0.4 is 25.8 Å². The Morgan fingerprint density at radius 3 is 2.38 bits per heavy atom. The molecule has 2 aliphatic carbocycles. The van der Waals surface area contributed by atoms with Gasteiger partial charge in [-0.3, -0.25) is 14.5 Å². The first-order valence-corrected chi connectivity index (χ1v) is 22.7. The summed E-state index contributed by atoms with van der Waals surface area (Å²) >= 11 is 0. The summed E-state index contributed by atoms with van der Waals surface area (Å²) in [6, 6.07) is 28.8. The number of benzene rings is 4. The van der Waals surface area contributed by atoms with E-state index >= 15 is 4.79 Å². The minimum Gasteiger partial charge on any atom is -0.496 e. The van der Waals surface area contributed by atoms with E-state index < -0.39 is 18.2 Å². The highest BCUT2D eigenvalue weighted by molar-refractivity contribution is 5.92. The van der Waals surface area contributed by atoms with E-state index in [0.717, 1.165) is 86.5 Å². The van der Waals surface area contributed by atoms with E-state index in [1.165, 1.54) is 31.2 Å². The van der Waals surface area contributed by atoms with Crippen molar-refractivity contribution in [3.63, 3.8) is 0 Å². The van der Waals surface area contributed by atoms with Crippen molar-refractivity contribution in [1.82, 2.24) is 25.3 Å². The van der Waals surface area contributed by atoms with Crippen molar-refractivity contribution >= 4 is 28.7 Å². The highest BCUT2D eigenvalue weighted by atomic mass is 16.6. The molecule has 2 saturated heterocycles. The lowest BCUT2D eigenvalue weighted by molar-refractivity contribution is -0.145. The van der Waals surface area contributed by atoms with Crippen LogP contribution in [0.25, 0.3) is 10.8 Å². The van der Waals surface area contributed by atoms with E-state index in [2.05, 4.69) is 45.9 Å². The van der Waals surface area contributed by atoms with Gasteiger partial charge in [0.15, 0.2) is 0 Å². The predicted molar refractivity (Wildman–Crippen MR) is 239 cm³/mol. The fraction of sp³-hybridized carbons (Fsp3) is 0.500. The van der Waals surface area contributed by atoms with Crippen molar-refractivity contribution in [2.75, 3.05) is 39.8 Å². The molecule has 2 heterocycles. The molecule has 3 amide bonds. The fourth-order valence-corrected chi connectivity index (χ4v) is 10.5. The van der Waals surface area contributed by atoms with E-state index in [1.807, 2.05) is 54.6 Å². The molecule has 4 aliphatic rings. The maximum Gasteiger partial charge on any atom is 0.415 e. The van der Waals surface area contributed by atoms with Gasteiger partial charge in [-0.05, 0) is 85.0 Å². The number of rotatable bonds is 13. The Morgan fingerprint density at radius 1 is 0.820 bits per heavy atom. The van der Waals surface area contributed by atoms with Gasteiger partial charge >= 0.3 is 6.09 Å². The Hall–Kier alpha value is -4.97. The summed E-state index contributed by atoms with van der Waals surface area (Å²) in [6.45, 7) is 4.35. The normalized spacial score (nSPS) is 22.9. The maximum absolute atomic E-state index is 15.1. The Kier molecular flexibility index (Phi) is 13.9. The predicted octanol–water partition coefficient (Wildman–Crippen LogP) is 7.40. The number of methoxy groups -OCH3 is 1. The van der Waals surface area contributed by atoms with Crippen molar-refractivity contribution in [2.45, 2.75) is 108 Å². The number of hydrogen-bond acceptors (Lipinski definition) is 8. The van der Waals surface area contributed by atoms with Crippen LogP contribution in [0.3, 0.4) is 0 Å². The first-order chi connectivity index (χ1) is 29.8. The highest BCUT2D eigenvalue weighted by Gasteiger charge is 2.44. The summed E-state index contributed by atoms with van der Waals surface area (Å²) < 4.78 is 11.6. The van der Waals surface area contributed by atoms with Crippen LogP contribution in [0.2, 0.25) is 0 Å². The van der Waals surface area contributed by atoms with Crippen molar-refractivity contribution in [2.24, 2.45) is 17.1 Å². The number of nitrogens with zero attached hydrogens (tertiary/aromatic N) is 3. The summed E-state index contributed by atoms with van der Waals surface area (Å²) in [7, 11) is 1.60. The molecule has 0 bridgehead atoms. The summed E-state index contributed by atoms with van der Waals surface area (Å²) in [5.74, 6) is 1.23. The van der Waals surface area contributed by atoms with Crippen LogP contribution in [-0.4, -0.2) is 90.6 Å². The van der Waals surface area contributed by atoms with E-state index in [0.29, 0.717) is 29.4 Å². The second-order valence-electron chi connectivity index (χ2n) is 18.1. The van der Waals surface area contributed by atoms with Gasteiger partial charge in [0, 0.05) is 56.3 Å².